The maximum absolute atomic E-state index is 10.6. The quantitative estimate of drug-likeness (QED) is 0.406. The van der Waals surface area contributed by atoms with Gasteiger partial charge < -0.3 is 10.0 Å². The number of nitriles is 1. The largest absolute Gasteiger partial charge is 0.389 e. The number of thioether (sulfide) groups is 1. The van der Waals surface area contributed by atoms with Crippen molar-refractivity contribution in [2.45, 2.75) is 37.7 Å². The summed E-state index contributed by atoms with van der Waals surface area (Å²) in [5, 5.41) is 20.0. The van der Waals surface area contributed by atoms with Gasteiger partial charge in [0.1, 0.15) is 0 Å². The van der Waals surface area contributed by atoms with Crippen molar-refractivity contribution in [1.82, 2.24) is 4.90 Å². The molecule has 1 heterocycles. The summed E-state index contributed by atoms with van der Waals surface area (Å²) < 4.78 is 0. The lowest BCUT2D eigenvalue weighted by Gasteiger charge is -2.47. The molecule has 2 fully saturated rings. The number of fused-ring (bicyclic) bond motifs is 1. The average molecular weight is 253 g/mol. The van der Waals surface area contributed by atoms with Gasteiger partial charge in [0.15, 0.2) is 5.17 Å². The number of hydrogen-bond donors (Lipinski definition) is 1. The van der Waals surface area contributed by atoms with Crippen LogP contribution >= 0.6 is 11.8 Å². The Morgan fingerprint density at radius 1 is 1.53 bits per heavy atom. The van der Waals surface area contributed by atoms with Crippen LogP contribution in [0.1, 0.15) is 32.1 Å². The van der Waals surface area contributed by atoms with Gasteiger partial charge in [-0.25, -0.2) is 0 Å². The molecule has 0 radical (unpaired) electrons. The first-order valence-corrected chi connectivity index (χ1v) is 7.40. The summed E-state index contributed by atoms with van der Waals surface area (Å²) in [6, 6.07) is 0. The first-order chi connectivity index (χ1) is 8.19. The van der Waals surface area contributed by atoms with E-state index in [0.29, 0.717) is 5.92 Å². The highest BCUT2D eigenvalue weighted by Crippen LogP contribution is 2.40. The van der Waals surface area contributed by atoms with E-state index in [2.05, 4.69) is 9.89 Å². The second-order valence-electron chi connectivity index (χ2n) is 4.94. The molecule has 0 aromatic rings. The Hall–Kier alpha value is -0.730. The molecule has 2 unspecified atom stereocenters. The number of likely N-dealkylation sites (tertiary alicyclic amines) is 1. The molecule has 1 aliphatic carbocycles. The van der Waals surface area contributed by atoms with E-state index < -0.39 is 5.60 Å². The third-order valence-electron chi connectivity index (χ3n) is 4.03. The van der Waals surface area contributed by atoms with Crippen LogP contribution in [0.15, 0.2) is 4.99 Å². The molecular formula is C12H19N3OS. The molecular weight excluding hydrogens is 234 g/mol. The fourth-order valence-electron chi connectivity index (χ4n) is 3.03. The summed E-state index contributed by atoms with van der Waals surface area (Å²) in [6.07, 6.45) is 9.01. The molecule has 0 aromatic heterocycles. The van der Waals surface area contributed by atoms with Crippen molar-refractivity contribution in [2.24, 2.45) is 10.9 Å². The first-order valence-electron chi connectivity index (χ1n) is 6.18. The van der Waals surface area contributed by atoms with Crippen LogP contribution in [0.5, 0.6) is 0 Å². The molecule has 1 aliphatic heterocycles. The molecule has 1 saturated carbocycles. The molecule has 5 heteroatoms. The van der Waals surface area contributed by atoms with Gasteiger partial charge in [0.25, 0.3) is 0 Å². The lowest BCUT2D eigenvalue weighted by atomic mass is 9.71. The van der Waals surface area contributed by atoms with E-state index in [1.807, 2.05) is 12.4 Å². The molecule has 2 aliphatic rings. The molecule has 2 rings (SSSR count). The number of nitrogens with zero attached hydrogens (tertiary/aromatic N) is 3. The highest BCUT2D eigenvalue weighted by Gasteiger charge is 2.43. The Morgan fingerprint density at radius 3 is 3.06 bits per heavy atom. The fraction of sp³-hybridized carbons (Fsp3) is 0.833. The zero-order valence-electron chi connectivity index (χ0n) is 10.2. The van der Waals surface area contributed by atoms with Gasteiger partial charge in [0.05, 0.1) is 5.60 Å². The van der Waals surface area contributed by atoms with Crippen molar-refractivity contribution < 1.29 is 5.11 Å². The maximum atomic E-state index is 10.6. The molecule has 0 bridgehead atoms. The molecule has 4 nitrogen and oxygen atoms in total. The smallest absolute Gasteiger partial charge is 0.208 e. The summed E-state index contributed by atoms with van der Waals surface area (Å²) in [5.41, 5.74) is -0.453. The Labute approximate surface area is 107 Å². The summed E-state index contributed by atoms with van der Waals surface area (Å²) in [4.78, 5) is 6.01. The predicted octanol–water partition coefficient (Wildman–Crippen LogP) is 1.81. The van der Waals surface area contributed by atoms with Gasteiger partial charge in [-0.3, -0.25) is 0 Å². The Bertz CT molecular complexity index is 352. The molecule has 2 atom stereocenters. The predicted molar refractivity (Wildman–Crippen MR) is 69.7 cm³/mol. The van der Waals surface area contributed by atoms with E-state index in [1.54, 1.807) is 0 Å². The van der Waals surface area contributed by atoms with E-state index in [1.165, 1.54) is 18.2 Å². The van der Waals surface area contributed by atoms with Crippen molar-refractivity contribution in [3.05, 3.63) is 0 Å². The Morgan fingerprint density at radius 2 is 2.35 bits per heavy atom. The van der Waals surface area contributed by atoms with Gasteiger partial charge >= 0.3 is 0 Å². The van der Waals surface area contributed by atoms with Gasteiger partial charge in [-0.1, -0.05) is 24.6 Å². The number of hydrogen-bond acceptors (Lipinski definition) is 4. The van der Waals surface area contributed by atoms with Crippen LogP contribution in [-0.2, 0) is 0 Å². The van der Waals surface area contributed by atoms with Gasteiger partial charge in [-0.15, -0.1) is 4.99 Å². The van der Waals surface area contributed by atoms with Crippen molar-refractivity contribution in [3.63, 3.8) is 0 Å². The standard InChI is InChI=1S/C12H19N3OS/c1-17-11(14-9-13)15-7-6-12(16)5-3-2-4-10(12)8-15/h10,16H,2-8H2,1H3. The van der Waals surface area contributed by atoms with Crippen LogP contribution < -0.4 is 0 Å². The van der Waals surface area contributed by atoms with Crippen molar-refractivity contribution in [3.8, 4) is 6.19 Å². The number of piperidine rings is 1. The summed E-state index contributed by atoms with van der Waals surface area (Å²) in [5.74, 6) is 0.348. The SMILES string of the molecule is CSC(=NC#N)N1CCC2(O)CCCCC2C1. The van der Waals surface area contributed by atoms with E-state index >= 15 is 0 Å². The zero-order valence-corrected chi connectivity index (χ0v) is 11.0. The number of amidine groups is 1. The topological polar surface area (TPSA) is 59.6 Å². The van der Waals surface area contributed by atoms with Crippen LogP contribution in [0.25, 0.3) is 0 Å². The van der Waals surface area contributed by atoms with Crippen LogP contribution in [0, 0.1) is 17.4 Å². The molecule has 0 spiro atoms. The second kappa shape index (κ2) is 5.28. The Kier molecular flexibility index (Phi) is 3.95. The highest BCUT2D eigenvalue weighted by atomic mass is 32.2. The lowest BCUT2D eigenvalue weighted by molar-refractivity contribution is -0.0835. The van der Waals surface area contributed by atoms with Gasteiger partial charge in [-0.05, 0) is 25.5 Å². The van der Waals surface area contributed by atoms with E-state index in [-0.39, 0.29) is 0 Å². The minimum Gasteiger partial charge on any atom is -0.389 e. The van der Waals surface area contributed by atoms with Crippen molar-refractivity contribution in [2.75, 3.05) is 19.3 Å². The Balaban J connectivity index is 2.07. The maximum Gasteiger partial charge on any atom is 0.208 e. The molecule has 1 N–H and O–H groups in total. The van der Waals surface area contributed by atoms with Gasteiger partial charge in [0.2, 0.25) is 6.19 Å². The van der Waals surface area contributed by atoms with Gasteiger partial charge in [-0.2, -0.15) is 5.26 Å². The van der Waals surface area contributed by atoms with Crippen LogP contribution in [0.3, 0.4) is 0 Å². The minimum atomic E-state index is -0.453. The number of aliphatic imine (C=N–C) groups is 1. The van der Waals surface area contributed by atoms with Crippen molar-refractivity contribution >= 4 is 16.9 Å². The average Bonchev–Trinajstić information content (AvgIpc) is 2.35. The van der Waals surface area contributed by atoms with Crippen LogP contribution in [0.2, 0.25) is 0 Å². The van der Waals surface area contributed by atoms with Crippen LogP contribution in [0.4, 0.5) is 0 Å². The fourth-order valence-corrected chi connectivity index (χ4v) is 3.59. The summed E-state index contributed by atoms with van der Waals surface area (Å²) in [6.45, 7) is 1.66. The zero-order chi connectivity index (χ0) is 12.3. The minimum absolute atomic E-state index is 0.348. The number of aliphatic hydroxyl groups is 1. The van der Waals surface area contributed by atoms with E-state index in [0.717, 1.165) is 43.9 Å². The monoisotopic (exact) mass is 253 g/mol. The first kappa shape index (κ1) is 12.7. The third-order valence-corrected chi connectivity index (χ3v) is 4.74. The highest BCUT2D eigenvalue weighted by molar-refractivity contribution is 8.13. The molecule has 17 heavy (non-hydrogen) atoms. The summed E-state index contributed by atoms with van der Waals surface area (Å²) in [7, 11) is 0. The molecule has 0 amide bonds. The third kappa shape index (κ3) is 2.58. The molecule has 1 saturated heterocycles. The van der Waals surface area contributed by atoms with Gasteiger partial charge in [0, 0.05) is 19.0 Å². The van der Waals surface area contributed by atoms with E-state index in [4.69, 9.17) is 5.26 Å². The second-order valence-corrected chi connectivity index (χ2v) is 5.71. The summed E-state index contributed by atoms with van der Waals surface area (Å²) >= 11 is 1.51. The van der Waals surface area contributed by atoms with Crippen molar-refractivity contribution in [1.29, 1.82) is 5.26 Å². The normalized spacial score (nSPS) is 34.1. The molecule has 0 aromatic carbocycles. The van der Waals surface area contributed by atoms with Crippen LogP contribution in [-0.4, -0.2) is 40.1 Å². The molecule has 94 valence electrons. The lowest BCUT2D eigenvalue weighted by Crippen LogP contribution is -2.54. The number of rotatable bonds is 0. The van der Waals surface area contributed by atoms with E-state index in [9.17, 15) is 5.11 Å².